The number of nitrogens with one attached hydrogen (secondary N) is 1. The van der Waals surface area contributed by atoms with Gasteiger partial charge in [0.1, 0.15) is 16.5 Å². The number of rotatable bonds is 4. The van der Waals surface area contributed by atoms with Crippen molar-refractivity contribution in [2.45, 2.75) is 6.92 Å². The van der Waals surface area contributed by atoms with Crippen molar-refractivity contribution >= 4 is 23.3 Å². The second-order valence-corrected chi connectivity index (χ2v) is 4.19. The number of hydrogen-bond acceptors (Lipinski definition) is 6. The molecule has 1 heterocycles. The van der Waals surface area contributed by atoms with E-state index in [1.54, 1.807) is 6.92 Å². The lowest BCUT2D eigenvalue weighted by Gasteiger charge is -2.04. The van der Waals surface area contributed by atoms with Gasteiger partial charge in [-0.05, 0) is 6.92 Å². The minimum absolute atomic E-state index is 0.0916. The van der Waals surface area contributed by atoms with Crippen LogP contribution >= 0.6 is 11.6 Å². The van der Waals surface area contributed by atoms with E-state index in [1.807, 2.05) is 0 Å². The van der Waals surface area contributed by atoms with E-state index in [4.69, 9.17) is 16.3 Å². The lowest BCUT2D eigenvalue weighted by atomic mass is 10.1. The highest BCUT2D eigenvalue weighted by Crippen LogP contribution is 2.33. The number of aromatic amines is 1. The van der Waals surface area contributed by atoms with Crippen LogP contribution in [0.5, 0.6) is 0 Å². The Morgan fingerprint density at radius 3 is 2.86 bits per heavy atom. The Morgan fingerprint density at radius 2 is 2.24 bits per heavy atom. The SMILES string of the molecule is CCOC(=O)c1n[nH]nc1-c1cc([N+](=O)[O-])c(Cl)cc1F. The van der Waals surface area contributed by atoms with Crippen molar-refractivity contribution in [1.29, 1.82) is 0 Å². The second kappa shape index (κ2) is 5.83. The number of nitro benzene ring substituents is 1. The molecular formula is C11H8ClFN4O4. The molecule has 0 aliphatic heterocycles. The molecule has 1 aromatic heterocycles. The lowest BCUT2D eigenvalue weighted by molar-refractivity contribution is -0.384. The highest BCUT2D eigenvalue weighted by molar-refractivity contribution is 6.32. The van der Waals surface area contributed by atoms with Gasteiger partial charge in [0.15, 0.2) is 5.69 Å². The number of carbonyl (C=O) groups excluding carboxylic acids is 1. The third kappa shape index (κ3) is 2.82. The molecule has 2 aromatic rings. The first kappa shape index (κ1) is 14.9. The maximum atomic E-state index is 13.9. The molecule has 0 aliphatic rings. The van der Waals surface area contributed by atoms with E-state index in [-0.39, 0.29) is 28.6 Å². The minimum Gasteiger partial charge on any atom is -0.461 e. The van der Waals surface area contributed by atoms with Crippen molar-refractivity contribution in [1.82, 2.24) is 15.4 Å². The summed E-state index contributed by atoms with van der Waals surface area (Å²) in [5.41, 5.74) is -1.24. The average Bonchev–Trinajstić information content (AvgIpc) is 2.87. The molecule has 2 rings (SSSR count). The van der Waals surface area contributed by atoms with Crippen molar-refractivity contribution in [2.75, 3.05) is 6.61 Å². The van der Waals surface area contributed by atoms with Crippen LogP contribution in [0.1, 0.15) is 17.4 Å². The molecule has 0 spiro atoms. The maximum absolute atomic E-state index is 13.9. The standard InChI is InChI=1S/C11H8ClFN4O4/c1-2-21-11(18)10-9(14-16-15-10)5-3-8(17(19)20)6(12)4-7(5)13/h3-4H,2H2,1H3,(H,14,15,16). The maximum Gasteiger partial charge on any atom is 0.361 e. The third-order valence-electron chi connectivity index (χ3n) is 2.51. The Kier molecular flexibility index (Phi) is 4.13. The normalized spacial score (nSPS) is 10.4. The molecule has 0 unspecified atom stereocenters. The quantitative estimate of drug-likeness (QED) is 0.526. The Morgan fingerprint density at radius 1 is 1.52 bits per heavy atom. The summed E-state index contributed by atoms with van der Waals surface area (Å²) >= 11 is 5.59. The van der Waals surface area contributed by atoms with Gasteiger partial charge in [0.25, 0.3) is 5.69 Å². The number of halogens is 2. The topological polar surface area (TPSA) is 111 Å². The van der Waals surface area contributed by atoms with E-state index in [0.717, 1.165) is 12.1 Å². The van der Waals surface area contributed by atoms with Crippen LogP contribution in [0.2, 0.25) is 5.02 Å². The van der Waals surface area contributed by atoms with Gasteiger partial charge in [0.2, 0.25) is 0 Å². The third-order valence-corrected chi connectivity index (χ3v) is 2.81. The number of esters is 1. The van der Waals surface area contributed by atoms with Gasteiger partial charge in [-0.3, -0.25) is 10.1 Å². The summed E-state index contributed by atoms with van der Waals surface area (Å²) in [6.07, 6.45) is 0. The molecule has 1 aromatic carbocycles. The molecule has 110 valence electrons. The summed E-state index contributed by atoms with van der Waals surface area (Å²) in [5, 5.41) is 19.8. The Balaban J connectivity index is 2.58. The number of benzene rings is 1. The van der Waals surface area contributed by atoms with Gasteiger partial charge in [-0.1, -0.05) is 11.6 Å². The number of nitrogens with zero attached hydrogens (tertiary/aromatic N) is 3. The lowest BCUT2D eigenvalue weighted by Crippen LogP contribution is -2.07. The molecule has 0 saturated carbocycles. The average molecular weight is 315 g/mol. The molecule has 0 fully saturated rings. The molecule has 10 heteroatoms. The number of ether oxygens (including phenoxy) is 1. The fraction of sp³-hybridized carbons (Fsp3) is 0.182. The van der Waals surface area contributed by atoms with Gasteiger partial charge >= 0.3 is 5.97 Å². The van der Waals surface area contributed by atoms with Crippen LogP contribution in [0, 0.1) is 15.9 Å². The predicted octanol–water partition coefficient (Wildman–Crippen LogP) is 2.35. The monoisotopic (exact) mass is 314 g/mol. The largest absolute Gasteiger partial charge is 0.461 e. The fourth-order valence-corrected chi connectivity index (χ4v) is 1.84. The number of H-pyrrole nitrogens is 1. The summed E-state index contributed by atoms with van der Waals surface area (Å²) in [6, 6.07) is 1.66. The van der Waals surface area contributed by atoms with Crippen molar-refractivity contribution in [3.05, 3.63) is 38.8 Å². The van der Waals surface area contributed by atoms with Crippen LogP contribution in [0.25, 0.3) is 11.3 Å². The van der Waals surface area contributed by atoms with Crippen LogP contribution in [-0.2, 0) is 4.74 Å². The van der Waals surface area contributed by atoms with Gasteiger partial charge in [-0.25, -0.2) is 9.18 Å². The zero-order valence-electron chi connectivity index (χ0n) is 10.6. The first-order valence-corrected chi connectivity index (χ1v) is 6.05. The number of carbonyl (C=O) groups is 1. The van der Waals surface area contributed by atoms with Crippen LogP contribution in [0.15, 0.2) is 12.1 Å². The van der Waals surface area contributed by atoms with Crippen LogP contribution in [-0.4, -0.2) is 32.9 Å². The number of nitro groups is 1. The van der Waals surface area contributed by atoms with Crippen LogP contribution in [0.3, 0.4) is 0 Å². The van der Waals surface area contributed by atoms with Gasteiger partial charge in [0, 0.05) is 17.7 Å². The van der Waals surface area contributed by atoms with E-state index < -0.39 is 22.4 Å². The summed E-state index contributed by atoms with van der Waals surface area (Å²) in [4.78, 5) is 21.7. The van der Waals surface area contributed by atoms with Gasteiger partial charge in [0.05, 0.1) is 11.5 Å². The van der Waals surface area contributed by atoms with E-state index in [9.17, 15) is 19.3 Å². The van der Waals surface area contributed by atoms with Gasteiger partial charge < -0.3 is 4.74 Å². The molecule has 0 bridgehead atoms. The summed E-state index contributed by atoms with van der Waals surface area (Å²) in [6.45, 7) is 1.68. The van der Waals surface area contributed by atoms with Gasteiger partial charge in [-0.2, -0.15) is 10.3 Å². The van der Waals surface area contributed by atoms with Gasteiger partial charge in [-0.15, -0.1) is 5.10 Å². The van der Waals surface area contributed by atoms with E-state index >= 15 is 0 Å². The molecule has 0 radical (unpaired) electrons. The van der Waals surface area contributed by atoms with Crippen molar-refractivity contribution < 1.29 is 18.8 Å². The number of aromatic nitrogens is 3. The Bertz CT molecular complexity index is 718. The van der Waals surface area contributed by atoms with E-state index in [1.165, 1.54) is 0 Å². The Hall–Kier alpha value is -2.55. The minimum atomic E-state index is -0.870. The first-order chi connectivity index (χ1) is 9.95. The molecule has 8 nitrogen and oxygen atoms in total. The van der Waals surface area contributed by atoms with Crippen LogP contribution in [0.4, 0.5) is 10.1 Å². The predicted molar refractivity (Wildman–Crippen MR) is 69.4 cm³/mol. The molecule has 0 saturated heterocycles. The Labute approximate surface area is 122 Å². The molecule has 21 heavy (non-hydrogen) atoms. The molecule has 0 aliphatic carbocycles. The fourth-order valence-electron chi connectivity index (χ4n) is 1.62. The molecule has 0 atom stereocenters. The van der Waals surface area contributed by atoms with Crippen molar-refractivity contribution in [2.24, 2.45) is 0 Å². The van der Waals surface area contributed by atoms with Crippen LogP contribution < -0.4 is 0 Å². The first-order valence-electron chi connectivity index (χ1n) is 5.67. The van der Waals surface area contributed by atoms with Crippen molar-refractivity contribution in [3.8, 4) is 11.3 Å². The van der Waals surface area contributed by atoms with Crippen molar-refractivity contribution in [3.63, 3.8) is 0 Å². The summed E-state index contributed by atoms with van der Waals surface area (Å²) < 4.78 is 18.7. The number of hydrogen-bond donors (Lipinski definition) is 1. The smallest absolute Gasteiger partial charge is 0.361 e. The zero-order chi connectivity index (χ0) is 15.6. The highest BCUT2D eigenvalue weighted by Gasteiger charge is 2.25. The molecule has 0 amide bonds. The zero-order valence-corrected chi connectivity index (χ0v) is 11.3. The van der Waals surface area contributed by atoms with E-state index in [0.29, 0.717) is 0 Å². The summed E-state index contributed by atoms with van der Waals surface area (Å²) in [5.74, 6) is -1.69. The second-order valence-electron chi connectivity index (χ2n) is 3.78. The highest BCUT2D eigenvalue weighted by atomic mass is 35.5. The molecular weight excluding hydrogens is 307 g/mol. The summed E-state index contributed by atoms with van der Waals surface area (Å²) in [7, 11) is 0. The molecule has 1 N–H and O–H groups in total. The van der Waals surface area contributed by atoms with E-state index in [2.05, 4.69) is 15.4 Å².